The van der Waals surface area contributed by atoms with E-state index in [1.165, 1.54) is 0 Å². The van der Waals surface area contributed by atoms with Crippen LogP contribution in [-0.4, -0.2) is 21.3 Å². The number of nitrogens with zero attached hydrogens (tertiary/aromatic N) is 2. The fourth-order valence-electron chi connectivity index (χ4n) is 0.467. The summed E-state index contributed by atoms with van der Waals surface area (Å²) in [6, 6.07) is 0. The molecule has 3 N–H and O–H groups in total. The Morgan fingerprint density at radius 1 is 1.70 bits per heavy atom. The van der Waals surface area contributed by atoms with Gasteiger partial charge in [0.15, 0.2) is 0 Å². The lowest BCUT2D eigenvalue weighted by Crippen LogP contribution is -1.98. The number of carbonyl (C=O) groups is 1. The van der Waals surface area contributed by atoms with Crippen LogP contribution in [0.5, 0.6) is 0 Å². The van der Waals surface area contributed by atoms with Gasteiger partial charge in [-0.3, -0.25) is 4.79 Å². The molecule has 54 valence electrons. The van der Waals surface area contributed by atoms with Crippen molar-refractivity contribution >= 4 is 22.4 Å². The van der Waals surface area contributed by atoms with E-state index >= 15 is 0 Å². The number of hydrogen-bond donors (Lipinski definition) is 2. The highest BCUT2D eigenvalue weighted by Crippen LogP contribution is 2.10. The first kappa shape index (κ1) is 6.94. The Labute approximate surface area is 60.5 Å². The van der Waals surface area contributed by atoms with Crippen LogP contribution in [0.25, 0.3) is 0 Å². The second kappa shape index (κ2) is 2.61. The van der Waals surface area contributed by atoms with Crippen molar-refractivity contribution in [3.63, 3.8) is 0 Å². The molecule has 1 aromatic rings. The number of aliphatic carboxylic acids is 1. The first-order chi connectivity index (χ1) is 4.68. The second-order valence-electron chi connectivity index (χ2n) is 1.60. The molecular formula is C4H5N3O2S. The molecule has 10 heavy (non-hydrogen) atoms. The normalized spacial score (nSPS) is 9.60. The fourth-order valence-corrected chi connectivity index (χ4v) is 1.07. The van der Waals surface area contributed by atoms with Gasteiger partial charge in [-0.2, -0.15) is 0 Å². The van der Waals surface area contributed by atoms with Gasteiger partial charge in [0.05, 0.1) is 6.42 Å². The van der Waals surface area contributed by atoms with Gasteiger partial charge in [0.25, 0.3) is 0 Å². The molecule has 0 spiro atoms. The minimum atomic E-state index is -0.920. The number of hydrogen-bond acceptors (Lipinski definition) is 5. The van der Waals surface area contributed by atoms with Crippen LogP contribution in [-0.2, 0) is 11.2 Å². The highest BCUT2D eigenvalue weighted by atomic mass is 32.1. The zero-order chi connectivity index (χ0) is 7.56. The summed E-state index contributed by atoms with van der Waals surface area (Å²) >= 11 is 1.09. The predicted octanol–water partition coefficient (Wildman–Crippen LogP) is -0.253. The van der Waals surface area contributed by atoms with E-state index in [2.05, 4.69) is 10.2 Å². The summed E-state index contributed by atoms with van der Waals surface area (Å²) in [5.74, 6) is -0.920. The number of nitrogens with two attached hydrogens (primary N) is 1. The van der Waals surface area contributed by atoms with Crippen molar-refractivity contribution in [2.45, 2.75) is 6.42 Å². The molecule has 1 rings (SSSR count). The molecular weight excluding hydrogens is 154 g/mol. The Balaban J connectivity index is 2.67. The van der Waals surface area contributed by atoms with Crippen LogP contribution in [0.15, 0.2) is 0 Å². The third-order valence-electron chi connectivity index (χ3n) is 0.785. The molecule has 0 unspecified atom stereocenters. The molecule has 1 aromatic heterocycles. The van der Waals surface area contributed by atoms with Crippen molar-refractivity contribution < 1.29 is 9.90 Å². The number of aromatic nitrogens is 2. The van der Waals surface area contributed by atoms with Crippen molar-refractivity contribution in [2.75, 3.05) is 5.73 Å². The Kier molecular flexibility index (Phi) is 1.81. The van der Waals surface area contributed by atoms with Gasteiger partial charge in [0.2, 0.25) is 5.13 Å². The van der Waals surface area contributed by atoms with Crippen LogP contribution < -0.4 is 5.73 Å². The molecule has 1 heterocycles. The van der Waals surface area contributed by atoms with Crippen molar-refractivity contribution in [2.24, 2.45) is 0 Å². The first-order valence-electron chi connectivity index (χ1n) is 2.48. The van der Waals surface area contributed by atoms with Crippen molar-refractivity contribution in [3.05, 3.63) is 5.01 Å². The molecule has 0 atom stereocenters. The maximum Gasteiger partial charge on any atom is 0.310 e. The molecule has 0 aliphatic heterocycles. The summed E-state index contributed by atoms with van der Waals surface area (Å²) in [5, 5.41) is 16.0. The van der Waals surface area contributed by atoms with Crippen molar-refractivity contribution in [1.29, 1.82) is 0 Å². The average Bonchev–Trinajstić information content (AvgIpc) is 2.13. The SMILES string of the molecule is Nc1nnc(CC(=O)O)s1. The van der Waals surface area contributed by atoms with Crippen LogP contribution in [0, 0.1) is 0 Å². The summed E-state index contributed by atoms with van der Waals surface area (Å²) in [7, 11) is 0. The Morgan fingerprint density at radius 2 is 2.40 bits per heavy atom. The number of carboxylic acids is 1. The van der Waals surface area contributed by atoms with E-state index in [0.717, 1.165) is 11.3 Å². The van der Waals surface area contributed by atoms with Gasteiger partial charge in [-0.25, -0.2) is 0 Å². The van der Waals surface area contributed by atoms with Crippen molar-refractivity contribution in [3.8, 4) is 0 Å². The molecule has 0 aliphatic carbocycles. The standard InChI is InChI=1S/C4H5N3O2S/c5-4-7-6-2(10-4)1-3(8)9/h1H2,(H2,5,7)(H,8,9). The van der Waals surface area contributed by atoms with Gasteiger partial charge in [0.1, 0.15) is 5.01 Å². The Bertz CT molecular complexity index is 246. The maximum absolute atomic E-state index is 10.1. The molecule has 0 bridgehead atoms. The first-order valence-corrected chi connectivity index (χ1v) is 3.30. The number of rotatable bonds is 2. The van der Waals surface area contributed by atoms with Crippen molar-refractivity contribution in [1.82, 2.24) is 10.2 Å². The fraction of sp³-hybridized carbons (Fsp3) is 0.250. The molecule has 0 aliphatic rings. The molecule has 0 saturated carbocycles. The summed E-state index contributed by atoms with van der Waals surface area (Å²) in [5.41, 5.74) is 5.21. The lowest BCUT2D eigenvalue weighted by molar-refractivity contribution is -0.136. The van der Waals surface area contributed by atoms with Gasteiger partial charge in [-0.15, -0.1) is 10.2 Å². The van der Waals surface area contributed by atoms with Gasteiger partial charge in [-0.1, -0.05) is 11.3 Å². The van der Waals surface area contributed by atoms with Gasteiger partial charge in [0, 0.05) is 0 Å². The minimum absolute atomic E-state index is 0.102. The zero-order valence-corrected chi connectivity index (χ0v) is 5.76. The van der Waals surface area contributed by atoms with E-state index in [-0.39, 0.29) is 6.42 Å². The zero-order valence-electron chi connectivity index (χ0n) is 4.94. The maximum atomic E-state index is 10.1. The lowest BCUT2D eigenvalue weighted by Gasteiger charge is -1.82. The third-order valence-corrected chi connectivity index (χ3v) is 1.54. The molecule has 0 saturated heterocycles. The molecule has 6 heteroatoms. The summed E-state index contributed by atoms with van der Waals surface area (Å²) < 4.78 is 0. The van der Waals surface area contributed by atoms with Gasteiger partial charge >= 0.3 is 5.97 Å². The molecule has 0 fully saturated rings. The minimum Gasteiger partial charge on any atom is -0.481 e. The third kappa shape index (κ3) is 1.66. The van der Waals surface area contributed by atoms with Crippen LogP contribution in [0.4, 0.5) is 5.13 Å². The quantitative estimate of drug-likeness (QED) is 0.621. The monoisotopic (exact) mass is 159 g/mol. The summed E-state index contributed by atoms with van der Waals surface area (Å²) in [4.78, 5) is 10.1. The Morgan fingerprint density at radius 3 is 2.80 bits per heavy atom. The summed E-state index contributed by atoms with van der Waals surface area (Å²) in [6.07, 6.45) is -0.102. The Hall–Kier alpha value is -1.17. The topological polar surface area (TPSA) is 89.1 Å². The van der Waals surface area contributed by atoms with Gasteiger partial charge < -0.3 is 10.8 Å². The highest BCUT2D eigenvalue weighted by Gasteiger charge is 2.04. The number of carboxylic acid groups (broad SMARTS) is 1. The van der Waals surface area contributed by atoms with E-state index < -0.39 is 5.97 Å². The molecule has 5 nitrogen and oxygen atoms in total. The predicted molar refractivity (Wildman–Crippen MR) is 35.7 cm³/mol. The van der Waals surface area contributed by atoms with Gasteiger partial charge in [-0.05, 0) is 0 Å². The lowest BCUT2D eigenvalue weighted by atomic mass is 10.5. The van der Waals surface area contributed by atoms with E-state index in [1.807, 2.05) is 0 Å². The van der Waals surface area contributed by atoms with E-state index in [0.29, 0.717) is 10.1 Å². The second-order valence-corrected chi connectivity index (χ2v) is 2.70. The van der Waals surface area contributed by atoms with E-state index in [4.69, 9.17) is 10.8 Å². The summed E-state index contributed by atoms with van der Waals surface area (Å²) in [6.45, 7) is 0. The largest absolute Gasteiger partial charge is 0.481 e. The average molecular weight is 159 g/mol. The molecule has 0 aromatic carbocycles. The van der Waals surface area contributed by atoms with Crippen LogP contribution >= 0.6 is 11.3 Å². The van der Waals surface area contributed by atoms with E-state index in [1.54, 1.807) is 0 Å². The molecule has 0 amide bonds. The number of anilines is 1. The molecule has 0 radical (unpaired) electrons. The number of nitrogen functional groups attached to an aromatic ring is 1. The smallest absolute Gasteiger partial charge is 0.310 e. The van der Waals surface area contributed by atoms with Crippen LogP contribution in [0.3, 0.4) is 0 Å². The van der Waals surface area contributed by atoms with Crippen LogP contribution in [0.2, 0.25) is 0 Å². The van der Waals surface area contributed by atoms with E-state index in [9.17, 15) is 4.79 Å². The highest BCUT2D eigenvalue weighted by molar-refractivity contribution is 7.15. The van der Waals surface area contributed by atoms with Crippen LogP contribution in [0.1, 0.15) is 5.01 Å².